The summed E-state index contributed by atoms with van der Waals surface area (Å²) < 4.78 is 67.8. The van der Waals surface area contributed by atoms with Crippen molar-refractivity contribution in [3.63, 3.8) is 0 Å². The van der Waals surface area contributed by atoms with Crippen molar-refractivity contribution in [1.29, 1.82) is 0 Å². The van der Waals surface area contributed by atoms with Crippen molar-refractivity contribution >= 4 is 11.9 Å². The number of nitrogens with one attached hydrogen (secondary N) is 1. The monoisotopic (exact) mass is 547 g/mol. The molecule has 206 valence electrons. The summed E-state index contributed by atoms with van der Waals surface area (Å²) in [5, 5.41) is 12.0. The molecule has 0 fully saturated rings. The molecule has 0 spiro atoms. The third kappa shape index (κ3) is 7.47. The van der Waals surface area contributed by atoms with Crippen molar-refractivity contribution < 1.29 is 46.5 Å². The van der Waals surface area contributed by atoms with E-state index >= 15 is 0 Å². The number of hydrogen-bond acceptors (Lipinski definition) is 6. The number of carbonyl (C=O) groups is 2. The van der Waals surface area contributed by atoms with Crippen LogP contribution in [0.2, 0.25) is 0 Å². The van der Waals surface area contributed by atoms with Gasteiger partial charge < -0.3 is 24.6 Å². The van der Waals surface area contributed by atoms with E-state index in [2.05, 4.69) is 10.1 Å². The minimum atomic E-state index is -5.18. The molecule has 0 saturated carbocycles. The van der Waals surface area contributed by atoms with Crippen LogP contribution in [0, 0.1) is 5.82 Å². The summed E-state index contributed by atoms with van der Waals surface area (Å²) in [6.07, 6.45) is -5.48. The zero-order chi connectivity index (χ0) is 28.0. The number of rotatable bonds is 10. The van der Waals surface area contributed by atoms with E-state index in [1.54, 1.807) is 12.1 Å². The smallest absolute Gasteiger partial charge is 0.489 e. The Morgan fingerprint density at radius 1 is 1.05 bits per heavy atom. The Labute approximate surface area is 221 Å². The van der Waals surface area contributed by atoms with Crippen LogP contribution in [0.5, 0.6) is 11.5 Å². The molecular weight excluding hydrogens is 522 g/mol. The predicted octanol–water partition coefficient (Wildman–Crippen LogP) is 5.03. The molecule has 1 aliphatic heterocycles. The number of halogens is 4. The average Bonchev–Trinajstić information content (AvgIpc) is 2.91. The van der Waals surface area contributed by atoms with Crippen molar-refractivity contribution in [2.45, 2.75) is 31.2 Å². The molecule has 39 heavy (non-hydrogen) atoms. The molecule has 0 amide bonds. The molecule has 0 aromatic heterocycles. The fourth-order valence-corrected chi connectivity index (χ4v) is 4.08. The number of carboxylic acid groups (broad SMARTS) is 1. The van der Waals surface area contributed by atoms with E-state index in [4.69, 9.17) is 14.6 Å². The second kappa shape index (κ2) is 12.2. The standard InChI is InChI=1S/C28H25F4NO6/c29-23-3-1-2-4-25(23)37-16-22(39-27(36)28(30,31)32)15-33-14-21-11-9-20-13-19(10-12-24(20)38-21)17-5-7-18(8-6-17)26(34)35/h1-8,10,12-13,21-22,33H,9,11,14-16H2,(H,34,35)/t21-,22+/m1/s1. The summed E-state index contributed by atoms with van der Waals surface area (Å²) in [6, 6.07) is 17.6. The lowest BCUT2D eigenvalue weighted by Gasteiger charge is -2.27. The topological polar surface area (TPSA) is 94.1 Å². The lowest BCUT2D eigenvalue weighted by atomic mass is 9.96. The molecular formula is C28H25F4NO6. The van der Waals surface area contributed by atoms with Gasteiger partial charge in [0.25, 0.3) is 0 Å². The van der Waals surface area contributed by atoms with E-state index in [1.807, 2.05) is 18.2 Å². The molecule has 2 N–H and O–H groups in total. The van der Waals surface area contributed by atoms with Gasteiger partial charge in [0.15, 0.2) is 11.6 Å². The largest absolute Gasteiger partial charge is 0.490 e. The first-order chi connectivity index (χ1) is 18.6. The first-order valence-corrected chi connectivity index (χ1v) is 12.1. The molecule has 1 aliphatic rings. The molecule has 11 heteroatoms. The number of alkyl halides is 3. The highest BCUT2D eigenvalue weighted by molar-refractivity contribution is 5.88. The van der Waals surface area contributed by atoms with Crippen LogP contribution in [-0.2, 0) is 16.0 Å². The molecule has 4 rings (SSSR count). The second-order valence-electron chi connectivity index (χ2n) is 8.91. The summed E-state index contributed by atoms with van der Waals surface area (Å²) in [6.45, 7) is -0.397. The molecule has 3 aromatic rings. The predicted molar refractivity (Wildman–Crippen MR) is 132 cm³/mol. The zero-order valence-electron chi connectivity index (χ0n) is 20.5. The van der Waals surface area contributed by atoms with Gasteiger partial charge in [-0.1, -0.05) is 30.3 Å². The second-order valence-corrected chi connectivity index (χ2v) is 8.91. The number of hydrogen-bond donors (Lipinski definition) is 2. The molecule has 0 saturated heterocycles. The number of carbonyl (C=O) groups excluding carboxylic acids is 1. The SMILES string of the molecule is O=C(O)c1ccc(-c2ccc3c(c2)CC[C@H](CNC[C@@H](COc2ccccc2F)OC(=O)C(F)(F)F)O3)cc1. The van der Waals surface area contributed by atoms with E-state index in [1.165, 1.54) is 30.3 Å². The molecule has 0 unspecified atom stereocenters. The minimum Gasteiger partial charge on any atom is -0.489 e. The highest BCUT2D eigenvalue weighted by Gasteiger charge is 2.42. The highest BCUT2D eigenvalue weighted by Crippen LogP contribution is 2.32. The molecule has 0 aliphatic carbocycles. The number of benzene rings is 3. The Hall–Kier alpha value is -4.12. The van der Waals surface area contributed by atoms with Crippen LogP contribution in [0.15, 0.2) is 66.7 Å². The van der Waals surface area contributed by atoms with Crippen molar-refractivity contribution in [2.24, 2.45) is 0 Å². The molecule has 1 heterocycles. The Balaban J connectivity index is 1.33. The summed E-state index contributed by atoms with van der Waals surface area (Å²) in [4.78, 5) is 22.4. The molecule has 0 bridgehead atoms. The third-order valence-corrected chi connectivity index (χ3v) is 6.07. The van der Waals surface area contributed by atoms with Crippen LogP contribution in [0.25, 0.3) is 11.1 Å². The number of fused-ring (bicyclic) bond motifs is 1. The molecule has 3 aromatic carbocycles. The maximum Gasteiger partial charge on any atom is 0.490 e. The lowest BCUT2D eigenvalue weighted by molar-refractivity contribution is -0.205. The maximum absolute atomic E-state index is 13.8. The van der Waals surface area contributed by atoms with Gasteiger partial charge >= 0.3 is 18.1 Å². The average molecular weight is 548 g/mol. The van der Waals surface area contributed by atoms with Crippen LogP contribution in [0.1, 0.15) is 22.3 Å². The van der Waals surface area contributed by atoms with E-state index in [0.29, 0.717) is 18.6 Å². The van der Waals surface area contributed by atoms with E-state index in [0.717, 1.165) is 22.8 Å². The highest BCUT2D eigenvalue weighted by atomic mass is 19.4. The first kappa shape index (κ1) is 27.9. The quantitative estimate of drug-likeness (QED) is 0.272. The fourth-order valence-electron chi connectivity index (χ4n) is 4.08. The Bertz CT molecular complexity index is 1310. The van der Waals surface area contributed by atoms with Crippen LogP contribution in [0.3, 0.4) is 0 Å². The summed E-state index contributed by atoms with van der Waals surface area (Å²) in [7, 11) is 0. The summed E-state index contributed by atoms with van der Waals surface area (Å²) >= 11 is 0. The van der Waals surface area contributed by atoms with Gasteiger partial charge in [-0.05, 0) is 65.9 Å². The fraction of sp³-hybridized carbons (Fsp3) is 0.286. The van der Waals surface area contributed by atoms with Crippen molar-refractivity contribution in [2.75, 3.05) is 19.7 Å². The first-order valence-electron chi connectivity index (χ1n) is 12.1. The van der Waals surface area contributed by atoms with Crippen molar-refractivity contribution in [3.05, 3.63) is 83.7 Å². The number of esters is 1. The van der Waals surface area contributed by atoms with Gasteiger partial charge in [-0.15, -0.1) is 0 Å². The van der Waals surface area contributed by atoms with Crippen molar-refractivity contribution in [1.82, 2.24) is 5.32 Å². The number of ether oxygens (including phenoxy) is 3. The van der Waals surface area contributed by atoms with Crippen LogP contribution >= 0.6 is 0 Å². The number of para-hydroxylation sites is 1. The van der Waals surface area contributed by atoms with E-state index in [-0.39, 0.29) is 30.5 Å². The van der Waals surface area contributed by atoms with Gasteiger partial charge in [0.2, 0.25) is 0 Å². The minimum absolute atomic E-state index is 0.171. The van der Waals surface area contributed by atoms with Crippen LogP contribution in [0.4, 0.5) is 17.6 Å². The molecule has 2 atom stereocenters. The number of aryl methyl sites for hydroxylation is 1. The Morgan fingerprint density at radius 2 is 1.77 bits per heavy atom. The van der Waals surface area contributed by atoms with Gasteiger partial charge in [-0.2, -0.15) is 13.2 Å². The number of aromatic carboxylic acids is 1. The van der Waals surface area contributed by atoms with Crippen LogP contribution < -0.4 is 14.8 Å². The van der Waals surface area contributed by atoms with Gasteiger partial charge in [-0.3, -0.25) is 0 Å². The van der Waals surface area contributed by atoms with Crippen molar-refractivity contribution in [3.8, 4) is 22.6 Å². The normalized spacial score (nSPS) is 15.5. The Morgan fingerprint density at radius 3 is 2.46 bits per heavy atom. The van der Waals surface area contributed by atoms with Gasteiger partial charge in [-0.25, -0.2) is 14.0 Å². The molecule has 7 nitrogen and oxygen atoms in total. The Kier molecular flexibility index (Phi) is 8.70. The van der Waals surface area contributed by atoms with E-state index in [9.17, 15) is 27.2 Å². The van der Waals surface area contributed by atoms with E-state index < -0.39 is 36.6 Å². The summed E-state index contributed by atoms with van der Waals surface area (Å²) in [5.74, 6) is -3.55. The van der Waals surface area contributed by atoms with Gasteiger partial charge in [0.1, 0.15) is 24.6 Å². The zero-order valence-corrected chi connectivity index (χ0v) is 20.5. The van der Waals surface area contributed by atoms with Crippen LogP contribution in [-0.4, -0.2) is 55.1 Å². The maximum atomic E-state index is 13.8. The molecule has 0 radical (unpaired) electrons. The van der Waals surface area contributed by atoms with Gasteiger partial charge in [0, 0.05) is 13.1 Å². The lowest BCUT2D eigenvalue weighted by Crippen LogP contribution is -2.42. The summed E-state index contributed by atoms with van der Waals surface area (Å²) in [5.41, 5.74) is 2.95. The number of carboxylic acids is 1. The third-order valence-electron chi connectivity index (χ3n) is 6.07. The van der Waals surface area contributed by atoms with Gasteiger partial charge in [0.05, 0.1) is 5.56 Å².